The van der Waals surface area contributed by atoms with Crippen molar-refractivity contribution in [3.63, 3.8) is 0 Å². The molecule has 3 aromatic rings. The zero-order valence-corrected chi connectivity index (χ0v) is 14.7. The molecule has 2 aromatic carbocycles. The van der Waals surface area contributed by atoms with Crippen LogP contribution >= 0.6 is 11.6 Å². The summed E-state index contributed by atoms with van der Waals surface area (Å²) in [5, 5.41) is 12.3. The molecule has 0 atom stereocenters. The lowest BCUT2D eigenvalue weighted by molar-refractivity contribution is -0.133. The molecule has 0 saturated carbocycles. The molecular weight excluding hydrogens is 406 g/mol. The molecule has 0 spiro atoms. The fourth-order valence-corrected chi connectivity index (χ4v) is 2.49. The molecular formula is C17H12ClF4N3O3. The van der Waals surface area contributed by atoms with Crippen molar-refractivity contribution < 1.29 is 32.1 Å². The van der Waals surface area contributed by atoms with Gasteiger partial charge in [-0.2, -0.15) is 8.78 Å². The van der Waals surface area contributed by atoms with Crippen molar-refractivity contribution in [3.05, 3.63) is 47.2 Å². The van der Waals surface area contributed by atoms with Gasteiger partial charge in [0.05, 0.1) is 17.8 Å². The fraction of sp³-hybridized carbons (Fsp3) is 0.176. The number of benzene rings is 2. The number of halogens is 5. The Labute approximate surface area is 160 Å². The fourth-order valence-electron chi connectivity index (χ4n) is 2.33. The van der Waals surface area contributed by atoms with Gasteiger partial charge in [0.15, 0.2) is 17.3 Å². The maximum Gasteiger partial charge on any atom is 0.345 e. The zero-order valence-electron chi connectivity index (χ0n) is 13.9. The second-order valence-corrected chi connectivity index (χ2v) is 5.77. The molecule has 0 aliphatic heterocycles. The van der Waals surface area contributed by atoms with Gasteiger partial charge in [0, 0.05) is 11.5 Å². The number of rotatable bonds is 7. The molecule has 0 aliphatic rings. The number of phenols is 1. The van der Waals surface area contributed by atoms with Gasteiger partial charge in [-0.3, -0.25) is 0 Å². The van der Waals surface area contributed by atoms with Crippen molar-refractivity contribution in [3.8, 4) is 11.5 Å². The molecule has 0 bridgehead atoms. The summed E-state index contributed by atoms with van der Waals surface area (Å²) >= 11 is 5.57. The number of aromatic nitrogens is 2. The lowest BCUT2D eigenvalue weighted by Crippen LogP contribution is -2.10. The van der Waals surface area contributed by atoms with Crippen LogP contribution in [0.4, 0.5) is 29.1 Å². The predicted octanol–water partition coefficient (Wildman–Crippen LogP) is 4.63. The summed E-state index contributed by atoms with van der Waals surface area (Å²) in [5.74, 6) is -2.12. The molecule has 28 heavy (non-hydrogen) atoms. The Kier molecular flexibility index (Phi) is 6.00. The van der Waals surface area contributed by atoms with Crippen LogP contribution in [0.5, 0.6) is 11.5 Å². The summed E-state index contributed by atoms with van der Waals surface area (Å²) in [5.41, 5.74) is 0.159. The number of nitrogens with one attached hydrogen (secondary N) is 1. The largest absolute Gasteiger partial charge is 0.504 e. The minimum Gasteiger partial charge on any atom is -0.504 e. The second-order valence-electron chi connectivity index (χ2n) is 5.39. The van der Waals surface area contributed by atoms with Gasteiger partial charge in [-0.05, 0) is 18.2 Å². The van der Waals surface area contributed by atoms with Crippen LogP contribution in [0.3, 0.4) is 0 Å². The summed E-state index contributed by atoms with van der Waals surface area (Å²) < 4.78 is 60.7. The number of fused-ring (bicyclic) bond motifs is 1. The van der Waals surface area contributed by atoms with Crippen molar-refractivity contribution >= 4 is 34.0 Å². The smallest absolute Gasteiger partial charge is 0.345 e. The molecule has 0 unspecified atom stereocenters. The van der Waals surface area contributed by atoms with Crippen molar-refractivity contribution in [1.82, 2.24) is 9.97 Å². The molecule has 0 radical (unpaired) electrons. The molecule has 0 saturated heterocycles. The summed E-state index contributed by atoms with van der Waals surface area (Å²) in [6.07, 6.45) is 1.17. The van der Waals surface area contributed by atoms with Gasteiger partial charge in [0.25, 0.3) is 0 Å². The highest BCUT2D eigenvalue weighted by molar-refractivity contribution is 6.31. The van der Waals surface area contributed by atoms with E-state index in [1.807, 2.05) is 0 Å². The number of ether oxygens (including phenoxy) is 2. The Bertz CT molecular complexity index is 1010. The summed E-state index contributed by atoms with van der Waals surface area (Å²) in [6.45, 7) is -3.58. The molecule has 1 aromatic heterocycles. The average molecular weight is 418 g/mol. The van der Waals surface area contributed by atoms with Gasteiger partial charge in [-0.1, -0.05) is 11.6 Å². The van der Waals surface area contributed by atoms with Crippen LogP contribution in [0.15, 0.2) is 30.6 Å². The third kappa shape index (κ3) is 4.34. The van der Waals surface area contributed by atoms with Crippen LogP contribution in [-0.2, 0) is 4.74 Å². The molecule has 6 nitrogen and oxygen atoms in total. The average Bonchev–Trinajstić information content (AvgIpc) is 2.66. The number of anilines is 2. The van der Waals surface area contributed by atoms with Gasteiger partial charge in [-0.25, -0.2) is 18.7 Å². The number of nitrogens with zero attached hydrogens (tertiary/aromatic N) is 2. The van der Waals surface area contributed by atoms with E-state index in [0.29, 0.717) is 10.9 Å². The van der Waals surface area contributed by atoms with E-state index >= 15 is 0 Å². The summed E-state index contributed by atoms with van der Waals surface area (Å²) in [6, 6.07) is 4.74. The predicted molar refractivity (Wildman–Crippen MR) is 93.3 cm³/mol. The summed E-state index contributed by atoms with van der Waals surface area (Å²) in [7, 11) is 0. The monoisotopic (exact) mass is 417 g/mol. The Morgan fingerprint density at radius 1 is 1.14 bits per heavy atom. The highest BCUT2D eigenvalue weighted by atomic mass is 35.5. The first-order chi connectivity index (χ1) is 13.4. The van der Waals surface area contributed by atoms with Gasteiger partial charge in [0.1, 0.15) is 29.6 Å². The van der Waals surface area contributed by atoms with Crippen molar-refractivity contribution in [1.29, 1.82) is 0 Å². The third-order valence-electron chi connectivity index (χ3n) is 3.59. The van der Waals surface area contributed by atoms with Crippen LogP contribution in [-0.4, -0.2) is 34.9 Å². The van der Waals surface area contributed by atoms with Gasteiger partial charge in [-0.15, -0.1) is 0 Å². The van der Waals surface area contributed by atoms with E-state index < -0.39 is 29.9 Å². The van der Waals surface area contributed by atoms with Crippen LogP contribution in [0.2, 0.25) is 5.02 Å². The maximum absolute atomic E-state index is 14.1. The Morgan fingerprint density at radius 2 is 1.93 bits per heavy atom. The van der Waals surface area contributed by atoms with Crippen LogP contribution < -0.4 is 10.1 Å². The number of hydrogen-bond donors (Lipinski definition) is 2. The Hall–Kier alpha value is -2.85. The van der Waals surface area contributed by atoms with Gasteiger partial charge in [0.2, 0.25) is 0 Å². The van der Waals surface area contributed by atoms with Crippen molar-refractivity contribution in [2.45, 2.75) is 6.61 Å². The standard InChI is InChI=1S/C17H12ClF4N3O3/c18-14-9(19)1-2-10(15(14)20)25-16-8-5-13(27-3-4-28-17(21)22)12(26)6-11(8)23-7-24-16/h1-2,5-7,17,26H,3-4H2,(H,23,24,25). The van der Waals surface area contributed by atoms with Gasteiger partial charge >= 0.3 is 6.61 Å². The molecule has 11 heteroatoms. The number of aromatic hydroxyl groups is 1. The van der Waals surface area contributed by atoms with E-state index in [2.05, 4.69) is 20.0 Å². The SMILES string of the molecule is Oc1cc2ncnc(Nc3ccc(F)c(Cl)c3F)c2cc1OCCOC(F)F. The van der Waals surface area contributed by atoms with E-state index in [9.17, 15) is 22.7 Å². The van der Waals surface area contributed by atoms with E-state index in [4.69, 9.17) is 16.3 Å². The molecule has 148 valence electrons. The molecule has 3 rings (SSSR count). The van der Waals surface area contributed by atoms with Crippen LogP contribution in [0.25, 0.3) is 10.9 Å². The minimum atomic E-state index is -2.93. The number of hydrogen-bond acceptors (Lipinski definition) is 6. The lowest BCUT2D eigenvalue weighted by Gasteiger charge is -2.13. The quantitative estimate of drug-likeness (QED) is 0.331. The minimum absolute atomic E-state index is 0.0409. The molecule has 0 amide bonds. The van der Waals surface area contributed by atoms with Crippen molar-refractivity contribution in [2.75, 3.05) is 18.5 Å². The highest BCUT2D eigenvalue weighted by Gasteiger charge is 2.15. The van der Waals surface area contributed by atoms with E-state index in [0.717, 1.165) is 12.1 Å². The first-order valence-corrected chi connectivity index (χ1v) is 8.15. The lowest BCUT2D eigenvalue weighted by atomic mass is 10.2. The molecule has 0 fully saturated rings. The van der Waals surface area contributed by atoms with E-state index in [-0.39, 0.29) is 29.6 Å². The topological polar surface area (TPSA) is 76.5 Å². The Balaban J connectivity index is 1.91. The van der Waals surface area contributed by atoms with Gasteiger partial charge < -0.3 is 19.9 Å². The first kappa shape index (κ1) is 19.9. The van der Waals surface area contributed by atoms with E-state index in [1.54, 1.807) is 0 Å². The molecule has 1 heterocycles. The maximum atomic E-state index is 14.1. The highest BCUT2D eigenvalue weighted by Crippen LogP contribution is 2.35. The van der Waals surface area contributed by atoms with E-state index in [1.165, 1.54) is 18.5 Å². The van der Waals surface area contributed by atoms with Crippen LogP contribution in [0.1, 0.15) is 0 Å². The molecule has 2 N–H and O–H groups in total. The zero-order chi connectivity index (χ0) is 20.3. The second kappa shape index (κ2) is 8.44. The number of alkyl halides is 2. The normalized spacial score (nSPS) is 11.2. The van der Waals surface area contributed by atoms with Crippen LogP contribution in [0, 0.1) is 11.6 Å². The summed E-state index contributed by atoms with van der Waals surface area (Å²) in [4.78, 5) is 7.99. The first-order valence-electron chi connectivity index (χ1n) is 7.77. The third-order valence-corrected chi connectivity index (χ3v) is 3.94. The number of phenolic OH excluding ortho intramolecular Hbond substituents is 1. The molecule has 0 aliphatic carbocycles. The van der Waals surface area contributed by atoms with Crippen molar-refractivity contribution in [2.24, 2.45) is 0 Å². The Morgan fingerprint density at radius 3 is 2.68 bits per heavy atom.